The Morgan fingerprint density at radius 3 is 2.04 bits per heavy atom. The van der Waals surface area contributed by atoms with Crippen molar-refractivity contribution in [3.63, 3.8) is 0 Å². The Hall–Kier alpha value is -2.66. The van der Waals surface area contributed by atoms with E-state index in [4.69, 9.17) is 0 Å². The van der Waals surface area contributed by atoms with Gasteiger partial charge in [0.15, 0.2) is 0 Å². The summed E-state index contributed by atoms with van der Waals surface area (Å²) < 4.78 is 94.5. The molecule has 1 aromatic carbocycles. The molecule has 0 saturated heterocycles. The first kappa shape index (κ1) is 22.4. The number of aliphatic hydroxyl groups excluding tert-OH is 1. The molecule has 0 aliphatic rings. The number of aryl methyl sites for hydroxylation is 1. The molecular formula is C15H13F7N2O3. The Bertz CT molecular complexity index is 741. The number of carbonyl (C=O) groups is 1. The van der Waals surface area contributed by atoms with Crippen LogP contribution < -0.4 is 0 Å². The van der Waals surface area contributed by atoms with Crippen molar-refractivity contribution < 1.29 is 45.4 Å². The highest BCUT2D eigenvalue weighted by molar-refractivity contribution is 5.88. The molecule has 0 atom stereocenters. The number of hydrogen-bond donors (Lipinski definition) is 1. The maximum atomic E-state index is 13.6. The van der Waals surface area contributed by atoms with Crippen LogP contribution in [0.4, 0.5) is 36.4 Å². The van der Waals surface area contributed by atoms with Crippen molar-refractivity contribution in [2.45, 2.75) is 31.9 Å². The lowest BCUT2D eigenvalue weighted by atomic mass is 10.1. The second-order valence-electron chi connectivity index (χ2n) is 5.10. The van der Waals surface area contributed by atoms with Gasteiger partial charge in [0.25, 0.3) is 0 Å². The van der Waals surface area contributed by atoms with E-state index >= 15 is 0 Å². The van der Waals surface area contributed by atoms with Crippen molar-refractivity contribution >= 4 is 11.7 Å². The second kappa shape index (κ2) is 7.92. The lowest BCUT2D eigenvalue weighted by molar-refractivity contribution is -0.349. The third-order valence-electron chi connectivity index (χ3n) is 3.04. The quantitative estimate of drug-likeness (QED) is 0.232. The molecule has 0 fully saturated rings. The van der Waals surface area contributed by atoms with Gasteiger partial charge >= 0.3 is 24.0 Å². The van der Waals surface area contributed by atoms with E-state index in [1.165, 1.54) is 31.2 Å². The number of esters is 1. The molecule has 0 bridgehead atoms. The van der Waals surface area contributed by atoms with Crippen molar-refractivity contribution in [1.82, 2.24) is 0 Å². The number of hydrogen-bond acceptors (Lipinski definition) is 5. The Balaban J connectivity index is 3.47. The summed E-state index contributed by atoms with van der Waals surface area (Å²) in [6.45, 7) is 2.43. The average molecular weight is 402 g/mol. The van der Waals surface area contributed by atoms with E-state index < -0.39 is 42.1 Å². The average Bonchev–Trinajstić information content (AvgIpc) is 2.55. The highest BCUT2D eigenvalue weighted by Crippen LogP contribution is 2.49. The fourth-order valence-electron chi connectivity index (χ4n) is 1.58. The summed E-state index contributed by atoms with van der Waals surface area (Å²) in [4.78, 5) is 11.6. The Kier molecular flexibility index (Phi) is 6.57. The van der Waals surface area contributed by atoms with Crippen LogP contribution in [-0.2, 0) is 9.53 Å². The molecule has 0 radical (unpaired) electrons. The summed E-state index contributed by atoms with van der Waals surface area (Å²) in [7, 11) is 0. The van der Waals surface area contributed by atoms with Crippen LogP contribution in [0.2, 0.25) is 0 Å². The van der Waals surface area contributed by atoms with Gasteiger partial charge < -0.3 is 9.84 Å². The molecule has 0 saturated carbocycles. The van der Waals surface area contributed by atoms with Crippen molar-refractivity contribution in [2.75, 3.05) is 6.61 Å². The number of allylic oxidation sites excluding steroid dienone is 1. The molecule has 12 heteroatoms. The summed E-state index contributed by atoms with van der Waals surface area (Å²) >= 11 is 0. The number of carbonyl (C=O) groups excluding carboxylic acids is 1. The van der Waals surface area contributed by atoms with E-state index in [9.17, 15) is 40.6 Å². The molecule has 0 heterocycles. The number of alkyl halides is 7. The summed E-state index contributed by atoms with van der Waals surface area (Å²) in [5.41, 5.74) is -1.18. The first-order valence-corrected chi connectivity index (χ1v) is 7.17. The van der Waals surface area contributed by atoms with Crippen LogP contribution in [0.3, 0.4) is 0 Å². The Labute approximate surface area is 148 Å². The molecule has 0 amide bonds. The molecule has 1 aromatic rings. The second-order valence-corrected chi connectivity index (χ2v) is 5.10. The van der Waals surface area contributed by atoms with E-state index in [0.29, 0.717) is 0 Å². The Morgan fingerprint density at radius 1 is 1.07 bits per heavy atom. The van der Waals surface area contributed by atoms with Gasteiger partial charge in [-0.05, 0) is 26.0 Å². The van der Waals surface area contributed by atoms with Gasteiger partial charge in [-0.2, -0.15) is 35.8 Å². The fourth-order valence-corrected chi connectivity index (χ4v) is 1.58. The van der Waals surface area contributed by atoms with E-state index in [1.54, 1.807) is 6.92 Å². The van der Waals surface area contributed by atoms with Gasteiger partial charge in [-0.25, -0.2) is 4.79 Å². The van der Waals surface area contributed by atoms with Gasteiger partial charge in [-0.15, -0.1) is 5.11 Å². The summed E-state index contributed by atoms with van der Waals surface area (Å²) in [6.07, 6.45) is -6.71. The third kappa shape index (κ3) is 4.74. The van der Waals surface area contributed by atoms with E-state index in [0.717, 1.165) is 5.56 Å². The van der Waals surface area contributed by atoms with E-state index in [-0.39, 0.29) is 5.69 Å². The van der Waals surface area contributed by atoms with Crippen LogP contribution in [0.5, 0.6) is 0 Å². The zero-order valence-corrected chi connectivity index (χ0v) is 13.8. The van der Waals surface area contributed by atoms with Crippen molar-refractivity contribution in [2.24, 2.45) is 10.2 Å². The minimum Gasteiger partial charge on any atom is -0.504 e. The lowest BCUT2D eigenvalue weighted by Crippen LogP contribution is -2.53. The zero-order chi connectivity index (χ0) is 21.0. The Morgan fingerprint density at radius 2 is 1.59 bits per heavy atom. The molecule has 0 aromatic heterocycles. The first-order chi connectivity index (χ1) is 12.3. The maximum Gasteiger partial charge on any atom is 0.460 e. The number of aliphatic hydroxyl groups is 1. The molecule has 0 unspecified atom stereocenters. The standard InChI is InChI=1S/C15H13F7N2O3/c1-3-27-12(26)10(24-23-9-6-4-8(2)5-7-9)11(25)13(16,17)14(18,19)15(20,21)22/h4-7,25H,3H2,1-2H3. The van der Waals surface area contributed by atoms with Gasteiger partial charge in [0.05, 0.1) is 12.3 Å². The molecular weight excluding hydrogens is 389 g/mol. The summed E-state index contributed by atoms with van der Waals surface area (Å²) in [6, 6.07) is 5.57. The number of azo groups is 1. The maximum absolute atomic E-state index is 13.6. The highest BCUT2D eigenvalue weighted by Gasteiger charge is 2.75. The third-order valence-corrected chi connectivity index (χ3v) is 3.04. The number of ether oxygens (including phenoxy) is 1. The molecule has 1 rings (SSSR count). The number of rotatable bonds is 6. The fraction of sp³-hybridized carbons (Fsp3) is 0.400. The number of halogens is 7. The van der Waals surface area contributed by atoms with Gasteiger partial charge in [0, 0.05) is 0 Å². The molecule has 1 N–H and O–H groups in total. The van der Waals surface area contributed by atoms with Crippen LogP contribution in [0.25, 0.3) is 0 Å². The smallest absolute Gasteiger partial charge is 0.460 e. The summed E-state index contributed by atoms with van der Waals surface area (Å²) in [5, 5.41) is 15.5. The van der Waals surface area contributed by atoms with Crippen LogP contribution >= 0.6 is 0 Å². The number of benzene rings is 1. The molecule has 27 heavy (non-hydrogen) atoms. The van der Waals surface area contributed by atoms with Crippen molar-refractivity contribution in [3.8, 4) is 0 Å². The molecule has 150 valence electrons. The highest BCUT2D eigenvalue weighted by atomic mass is 19.4. The van der Waals surface area contributed by atoms with Gasteiger partial charge in [-0.3, -0.25) is 0 Å². The molecule has 5 nitrogen and oxygen atoms in total. The predicted molar refractivity (Wildman–Crippen MR) is 77.9 cm³/mol. The molecule has 0 aliphatic heterocycles. The van der Waals surface area contributed by atoms with Crippen LogP contribution in [0, 0.1) is 6.92 Å². The van der Waals surface area contributed by atoms with E-state index in [2.05, 4.69) is 15.0 Å². The van der Waals surface area contributed by atoms with Gasteiger partial charge in [-0.1, -0.05) is 17.7 Å². The topological polar surface area (TPSA) is 71.2 Å². The van der Waals surface area contributed by atoms with E-state index in [1.807, 2.05) is 0 Å². The lowest BCUT2D eigenvalue weighted by Gasteiger charge is -2.27. The van der Waals surface area contributed by atoms with Gasteiger partial charge in [0.2, 0.25) is 11.5 Å². The van der Waals surface area contributed by atoms with Crippen molar-refractivity contribution in [1.29, 1.82) is 0 Å². The van der Waals surface area contributed by atoms with Crippen LogP contribution in [0.15, 0.2) is 46.0 Å². The van der Waals surface area contributed by atoms with Gasteiger partial charge in [0.1, 0.15) is 0 Å². The summed E-state index contributed by atoms with van der Waals surface area (Å²) in [5.74, 6) is -17.6. The monoisotopic (exact) mass is 402 g/mol. The normalized spacial score (nSPS) is 14.3. The van der Waals surface area contributed by atoms with Crippen LogP contribution in [-0.4, -0.2) is 35.7 Å². The minimum absolute atomic E-state index is 0.0545. The van der Waals surface area contributed by atoms with Crippen LogP contribution in [0.1, 0.15) is 12.5 Å². The zero-order valence-electron chi connectivity index (χ0n) is 13.8. The largest absolute Gasteiger partial charge is 0.504 e. The molecule has 0 aliphatic carbocycles. The minimum atomic E-state index is -6.71. The SMILES string of the molecule is CCOC(=O)C(N=Nc1ccc(C)cc1)=C(O)C(F)(F)C(F)(F)C(F)(F)F. The van der Waals surface area contributed by atoms with Crippen molar-refractivity contribution in [3.05, 3.63) is 41.3 Å². The first-order valence-electron chi connectivity index (χ1n) is 7.17. The number of nitrogens with zero attached hydrogens (tertiary/aromatic N) is 2. The predicted octanol–water partition coefficient (Wildman–Crippen LogP) is 5.24. The molecule has 0 spiro atoms.